The van der Waals surface area contributed by atoms with Crippen LogP contribution in [0.25, 0.3) is 0 Å². The van der Waals surface area contributed by atoms with Gasteiger partial charge in [0.25, 0.3) is 0 Å². The Labute approximate surface area is 198 Å². The van der Waals surface area contributed by atoms with Crippen LogP contribution in [-0.2, 0) is 20.1 Å². The van der Waals surface area contributed by atoms with Gasteiger partial charge in [0, 0.05) is 22.3 Å². The van der Waals surface area contributed by atoms with E-state index in [-0.39, 0.29) is 35.4 Å². The van der Waals surface area contributed by atoms with E-state index in [9.17, 15) is 19.2 Å². The number of hydrogen-bond acceptors (Lipinski definition) is 7. The molecule has 0 unspecified atom stereocenters. The Bertz CT molecular complexity index is 1040. The van der Waals surface area contributed by atoms with Crippen LogP contribution in [0.1, 0.15) is 54.0 Å². The molecular formula is C25H29NO6S. The van der Waals surface area contributed by atoms with Gasteiger partial charge < -0.3 is 14.8 Å². The summed E-state index contributed by atoms with van der Waals surface area (Å²) >= 11 is 1.35. The second kappa shape index (κ2) is 11.7. The molecule has 33 heavy (non-hydrogen) atoms. The first-order valence-electron chi connectivity index (χ1n) is 10.4. The van der Waals surface area contributed by atoms with Gasteiger partial charge in [-0.05, 0) is 37.3 Å². The summed E-state index contributed by atoms with van der Waals surface area (Å²) < 4.78 is 10.5. The van der Waals surface area contributed by atoms with Gasteiger partial charge in [-0.15, -0.1) is 11.8 Å². The Morgan fingerprint density at radius 1 is 1.03 bits per heavy atom. The molecule has 2 aromatic rings. The topological polar surface area (TPSA) is 98.8 Å². The lowest BCUT2D eigenvalue weighted by molar-refractivity contribution is -0.129. The lowest BCUT2D eigenvalue weighted by Crippen LogP contribution is -2.26. The first-order chi connectivity index (χ1) is 15.5. The molecule has 0 heterocycles. The number of hydrogen-bond donors (Lipinski definition) is 1. The van der Waals surface area contributed by atoms with Crippen LogP contribution in [0.3, 0.4) is 0 Å². The molecule has 0 atom stereocenters. The summed E-state index contributed by atoms with van der Waals surface area (Å²) in [6.45, 7) is 6.41. The molecule has 0 aromatic heterocycles. The highest BCUT2D eigenvalue weighted by atomic mass is 32.2. The highest BCUT2D eigenvalue weighted by Crippen LogP contribution is 2.25. The minimum atomic E-state index is -0.679. The van der Waals surface area contributed by atoms with Crippen LogP contribution in [0.4, 0.5) is 5.69 Å². The quantitative estimate of drug-likeness (QED) is 0.401. The first kappa shape index (κ1) is 26.1. The molecular weight excluding hydrogens is 442 g/mol. The molecule has 2 rings (SSSR count). The van der Waals surface area contributed by atoms with Crippen molar-refractivity contribution in [1.29, 1.82) is 0 Å². The highest BCUT2D eigenvalue weighted by molar-refractivity contribution is 7.99. The number of nitrogens with one attached hydrogen (secondary N) is 1. The summed E-state index contributed by atoms with van der Waals surface area (Å²) in [7, 11) is 1.55. The van der Waals surface area contributed by atoms with Gasteiger partial charge in [0.1, 0.15) is 5.75 Å². The van der Waals surface area contributed by atoms with E-state index in [0.717, 1.165) is 5.56 Å². The lowest BCUT2D eigenvalue weighted by atomic mass is 9.91. The average molecular weight is 472 g/mol. The van der Waals surface area contributed by atoms with Crippen molar-refractivity contribution < 1.29 is 28.7 Å². The fourth-order valence-corrected chi connectivity index (χ4v) is 3.55. The van der Waals surface area contributed by atoms with Gasteiger partial charge >= 0.3 is 5.97 Å². The number of rotatable bonds is 10. The van der Waals surface area contributed by atoms with E-state index in [4.69, 9.17) is 9.47 Å². The van der Waals surface area contributed by atoms with E-state index < -0.39 is 11.4 Å². The molecule has 0 fully saturated rings. The summed E-state index contributed by atoms with van der Waals surface area (Å²) in [5.74, 6) is 0.0168. The number of ether oxygens (including phenoxy) is 2. The average Bonchev–Trinajstić information content (AvgIpc) is 2.76. The van der Waals surface area contributed by atoms with Crippen LogP contribution in [0.15, 0.2) is 42.5 Å². The van der Waals surface area contributed by atoms with Crippen LogP contribution >= 0.6 is 11.8 Å². The maximum atomic E-state index is 12.5. The van der Waals surface area contributed by atoms with Gasteiger partial charge in [-0.1, -0.05) is 32.9 Å². The Morgan fingerprint density at radius 2 is 1.73 bits per heavy atom. The number of anilines is 1. The predicted octanol–water partition coefficient (Wildman–Crippen LogP) is 4.54. The van der Waals surface area contributed by atoms with E-state index >= 15 is 0 Å². The summed E-state index contributed by atoms with van der Waals surface area (Å²) in [5, 5.41) is 2.72. The van der Waals surface area contributed by atoms with Crippen molar-refractivity contribution in [2.75, 3.05) is 24.8 Å². The number of thioether (sulfide) groups is 1. The third-order valence-electron chi connectivity index (χ3n) is 4.77. The van der Waals surface area contributed by atoms with Crippen molar-refractivity contribution in [2.24, 2.45) is 5.41 Å². The summed E-state index contributed by atoms with van der Waals surface area (Å²) in [6.07, 6.45) is 0. The SMILES string of the molecule is COc1ccc(C(C)=O)cc1CSCC(=O)Nc1ccccc1C(=O)OCC(=O)C(C)(C)C. The molecule has 0 aliphatic rings. The molecule has 7 nitrogen and oxygen atoms in total. The lowest BCUT2D eigenvalue weighted by Gasteiger charge is -2.16. The molecule has 8 heteroatoms. The highest BCUT2D eigenvalue weighted by Gasteiger charge is 2.23. The smallest absolute Gasteiger partial charge is 0.340 e. The Morgan fingerprint density at radius 3 is 2.36 bits per heavy atom. The second-order valence-electron chi connectivity index (χ2n) is 8.42. The Hall–Kier alpha value is -3.13. The predicted molar refractivity (Wildman–Crippen MR) is 129 cm³/mol. The molecule has 0 bridgehead atoms. The third-order valence-corrected chi connectivity index (χ3v) is 5.75. The van der Waals surface area contributed by atoms with E-state index in [0.29, 0.717) is 22.8 Å². The molecule has 1 N–H and O–H groups in total. The first-order valence-corrected chi connectivity index (χ1v) is 11.5. The van der Waals surface area contributed by atoms with Gasteiger partial charge in [0.05, 0.1) is 24.1 Å². The third kappa shape index (κ3) is 7.75. The number of Topliss-reactive ketones (excluding diaryl/α,β-unsaturated/α-hetero) is 2. The zero-order valence-corrected chi connectivity index (χ0v) is 20.3. The Kier molecular flexibility index (Phi) is 9.22. The van der Waals surface area contributed by atoms with Crippen molar-refractivity contribution in [3.63, 3.8) is 0 Å². The van der Waals surface area contributed by atoms with Crippen molar-refractivity contribution in [3.05, 3.63) is 59.2 Å². The van der Waals surface area contributed by atoms with Gasteiger partial charge in [0.2, 0.25) is 5.91 Å². The summed E-state index contributed by atoms with van der Waals surface area (Å²) in [6, 6.07) is 11.7. The number of ketones is 2. The van der Waals surface area contributed by atoms with Crippen LogP contribution in [0, 0.1) is 5.41 Å². The van der Waals surface area contributed by atoms with Crippen molar-refractivity contribution >= 4 is 40.9 Å². The van der Waals surface area contributed by atoms with Crippen LogP contribution in [0.2, 0.25) is 0 Å². The second-order valence-corrected chi connectivity index (χ2v) is 9.40. The van der Waals surface area contributed by atoms with Gasteiger partial charge in [-0.25, -0.2) is 4.79 Å². The monoisotopic (exact) mass is 471 g/mol. The number of carbonyl (C=O) groups excluding carboxylic acids is 4. The van der Waals surface area contributed by atoms with E-state index in [2.05, 4.69) is 5.32 Å². The molecule has 0 aliphatic heterocycles. The van der Waals surface area contributed by atoms with Crippen molar-refractivity contribution in [3.8, 4) is 5.75 Å². The standard InChI is InChI=1S/C25H29NO6S/c1-16(27)17-10-11-21(31-5)18(12-17)14-33-15-23(29)26-20-9-7-6-8-19(20)24(30)32-13-22(28)25(2,3)4/h6-12H,13-15H2,1-5H3,(H,26,29). The van der Waals surface area contributed by atoms with Crippen molar-refractivity contribution in [2.45, 2.75) is 33.4 Å². The van der Waals surface area contributed by atoms with Gasteiger partial charge in [-0.2, -0.15) is 0 Å². The molecule has 1 amide bonds. The number of benzene rings is 2. The van der Waals surface area contributed by atoms with Crippen molar-refractivity contribution in [1.82, 2.24) is 0 Å². The maximum Gasteiger partial charge on any atom is 0.340 e. The normalized spacial score (nSPS) is 10.9. The maximum absolute atomic E-state index is 12.5. The molecule has 0 saturated carbocycles. The number of methoxy groups -OCH3 is 1. The zero-order chi connectivity index (χ0) is 24.6. The molecule has 0 saturated heterocycles. The molecule has 0 aliphatic carbocycles. The minimum absolute atomic E-state index is 0.0469. The zero-order valence-electron chi connectivity index (χ0n) is 19.5. The van der Waals surface area contributed by atoms with E-state index in [1.165, 1.54) is 24.8 Å². The molecule has 0 spiro atoms. The fraction of sp³-hybridized carbons (Fsp3) is 0.360. The minimum Gasteiger partial charge on any atom is -0.496 e. The van der Waals surface area contributed by atoms with E-state index in [1.54, 1.807) is 64.3 Å². The summed E-state index contributed by atoms with van der Waals surface area (Å²) in [4.78, 5) is 48.6. The fourth-order valence-electron chi connectivity index (χ4n) is 2.75. The molecule has 0 radical (unpaired) electrons. The molecule has 176 valence electrons. The number of para-hydroxylation sites is 1. The number of carbonyl (C=O) groups is 4. The Balaban J connectivity index is 1.97. The van der Waals surface area contributed by atoms with Crippen LogP contribution < -0.4 is 10.1 Å². The summed E-state index contributed by atoms with van der Waals surface area (Å²) in [5.41, 5.74) is 1.27. The van der Waals surface area contributed by atoms with Gasteiger partial charge in [-0.3, -0.25) is 14.4 Å². The van der Waals surface area contributed by atoms with E-state index in [1.807, 2.05) is 0 Å². The van der Waals surface area contributed by atoms with Crippen LogP contribution in [-0.4, -0.2) is 42.9 Å². The number of esters is 1. The largest absolute Gasteiger partial charge is 0.496 e. The molecule has 2 aromatic carbocycles. The van der Waals surface area contributed by atoms with Gasteiger partial charge in [0.15, 0.2) is 18.2 Å². The van der Waals surface area contributed by atoms with Crippen LogP contribution in [0.5, 0.6) is 5.75 Å². The number of amides is 1.